The molecule has 0 amide bonds. The fourth-order valence-corrected chi connectivity index (χ4v) is 1.12. The first-order valence-electron chi connectivity index (χ1n) is 3.65. The number of nitrogens with zero attached hydrogens (tertiary/aromatic N) is 1. The van der Waals surface area contributed by atoms with Crippen molar-refractivity contribution < 1.29 is 9.90 Å². The molecule has 1 heterocycles. The van der Waals surface area contributed by atoms with E-state index < -0.39 is 12.0 Å². The third-order valence-electron chi connectivity index (χ3n) is 1.76. The summed E-state index contributed by atoms with van der Waals surface area (Å²) in [5, 5.41) is 8.57. The van der Waals surface area contributed by atoms with Crippen LogP contribution < -0.4 is 0 Å². The van der Waals surface area contributed by atoms with Crippen LogP contribution in [0.15, 0.2) is 35.3 Å². The zero-order valence-corrected chi connectivity index (χ0v) is 6.27. The Hall–Kier alpha value is -1.64. The molecule has 0 aliphatic carbocycles. The van der Waals surface area contributed by atoms with Crippen molar-refractivity contribution in [2.24, 2.45) is 4.99 Å². The van der Waals surface area contributed by atoms with E-state index in [2.05, 4.69) is 4.99 Å². The Kier molecular flexibility index (Phi) is 1.43. The summed E-state index contributed by atoms with van der Waals surface area (Å²) in [7, 11) is 0. The molecule has 3 nitrogen and oxygen atoms in total. The van der Waals surface area contributed by atoms with E-state index in [-0.39, 0.29) is 0 Å². The van der Waals surface area contributed by atoms with Gasteiger partial charge < -0.3 is 5.11 Å². The predicted molar refractivity (Wildman–Crippen MR) is 44.4 cm³/mol. The van der Waals surface area contributed by atoms with E-state index >= 15 is 0 Å². The van der Waals surface area contributed by atoms with E-state index in [0.29, 0.717) is 5.71 Å². The lowest BCUT2D eigenvalue weighted by Crippen LogP contribution is -2.11. The lowest BCUT2D eigenvalue weighted by Gasteiger charge is -1.90. The second-order valence-corrected chi connectivity index (χ2v) is 2.62. The van der Waals surface area contributed by atoms with Crippen LogP contribution in [0.5, 0.6) is 0 Å². The molecule has 0 unspecified atom stereocenters. The average molecular weight is 161 g/mol. The van der Waals surface area contributed by atoms with Crippen LogP contribution in [0.1, 0.15) is 5.56 Å². The first-order valence-corrected chi connectivity index (χ1v) is 3.65. The van der Waals surface area contributed by atoms with Gasteiger partial charge in [-0.15, -0.1) is 0 Å². The zero-order valence-electron chi connectivity index (χ0n) is 6.27. The Balaban J connectivity index is 2.16. The number of rotatable bonds is 2. The highest BCUT2D eigenvalue weighted by Gasteiger charge is 2.35. The molecule has 1 aliphatic rings. The Morgan fingerprint density at radius 3 is 2.50 bits per heavy atom. The molecule has 0 saturated carbocycles. The van der Waals surface area contributed by atoms with Crippen LogP contribution in [0, 0.1) is 0 Å². The molecule has 0 aromatic heterocycles. The maximum absolute atomic E-state index is 10.4. The lowest BCUT2D eigenvalue weighted by molar-refractivity contribution is -0.135. The van der Waals surface area contributed by atoms with Crippen LogP contribution in [0.25, 0.3) is 0 Å². The van der Waals surface area contributed by atoms with E-state index in [0.717, 1.165) is 5.56 Å². The van der Waals surface area contributed by atoms with Gasteiger partial charge >= 0.3 is 5.97 Å². The smallest absolute Gasteiger partial charge is 0.334 e. The number of aliphatic imine (C=N–C) groups is 1. The standard InChI is InChI=1S/C9H7NO2/c11-9(12)8-7(10-8)6-4-2-1-3-5-6/h1-5,8H,(H,11,12)/t8-/m1/s1. The largest absolute Gasteiger partial charge is 0.479 e. The molecule has 0 radical (unpaired) electrons. The van der Waals surface area contributed by atoms with Crippen molar-refractivity contribution in [2.45, 2.75) is 6.04 Å². The fraction of sp³-hybridized carbons (Fsp3) is 0.111. The number of hydrogen-bond donors (Lipinski definition) is 1. The van der Waals surface area contributed by atoms with E-state index in [1.807, 2.05) is 30.3 Å². The van der Waals surface area contributed by atoms with Gasteiger partial charge in [-0.25, -0.2) is 4.79 Å². The molecule has 1 aromatic rings. The van der Waals surface area contributed by atoms with E-state index in [1.165, 1.54) is 0 Å². The minimum atomic E-state index is -0.867. The van der Waals surface area contributed by atoms with Crippen molar-refractivity contribution in [1.82, 2.24) is 0 Å². The summed E-state index contributed by atoms with van der Waals surface area (Å²) in [4.78, 5) is 14.3. The Labute approximate surface area is 69.4 Å². The van der Waals surface area contributed by atoms with Crippen LogP contribution >= 0.6 is 0 Å². The summed E-state index contributed by atoms with van der Waals surface area (Å²) in [6, 6.07) is 8.77. The second kappa shape index (κ2) is 2.44. The lowest BCUT2D eigenvalue weighted by atomic mass is 10.1. The summed E-state index contributed by atoms with van der Waals surface area (Å²) < 4.78 is 0. The zero-order chi connectivity index (χ0) is 8.55. The van der Waals surface area contributed by atoms with Crippen molar-refractivity contribution in [3.8, 4) is 0 Å². The maximum atomic E-state index is 10.4. The number of aliphatic carboxylic acids is 1. The highest BCUT2D eigenvalue weighted by Crippen LogP contribution is 2.19. The van der Waals surface area contributed by atoms with Crippen molar-refractivity contribution in [3.63, 3.8) is 0 Å². The highest BCUT2D eigenvalue weighted by molar-refractivity contribution is 6.23. The van der Waals surface area contributed by atoms with Gasteiger partial charge in [-0.3, -0.25) is 4.99 Å². The van der Waals surface area contributed by atoms with Gasteiger partial charge in [-0.1, -0.05) is 30.3 Å². The minimum absolute atomic E-state index is 0.590. The molecule has 12 heavy (non-hydrogen) atoms. The van der Waals surface area contributed by atoms with Gasteiger partial charge in [-0.05, 0) is 5.56 Å². The molecule has 3 heteroatoms. The van der Waals surface area contributed by atoms with Gasteiger partial charge in [-0.2, -0.15) is 0 Å². The van der Waals surface area contributed by atoms with Gasteiger partial charge in [0.1, 0.15) is 0 Å². The Bertz CT molecular complexity index is 343. The first kappa shape index (κ1) is 7.03. The minimum Gasteiger partial charge on any atom is -0.479 e. The number of carbonyl (C=O) groups is 1. The highest BCUT2D eigenvalue weighted by atomic mass is 16.4. The maximum Gasteiger partial charge on any atom is 0.334 e. The number of carboxylic acids is 1. The number of benzene rings is 1. The third kappa shape index (κ3) is 1.09. The van der Waals surface area contributed by atoms with Crippen LogP contribution in [0.3, 0.4) is 0 Å². The molecule has 0 bridgehead atoms. The molecule has 0 saturated heterocycles. The van der Waals surface area contributed by atoms with Gasteiger partial charge in [0, 0.05) is 0 Å². The SMILES string of the molecule is O=C(O)[C@@H]1N=C1c1ccccc1. The summed E-state index contributed by atoms with van der Waals surface area (Å²) in [6.07, 6.45) is 0. The van der Waals surface area contributed by atoms with Crippen LogP contribution in [-0.2, 0) is 4.79 Å². The van der Waals surface area contributed by atoms with Gasteiger partial charge in [0.25, 0.3) is 0 Å². The third-order valence-corrected chi connectivity index (χ3v) is 1.76. The first-order chi connectivity index (χ1) is 5.79. The molecule has 0 fully saturated rings. The summed E-state index contributed by atoms with van der Waals surface area (Å²) in [6.45, 7) is 0. The number of carboxylic acid groups (broad SMARTS) is 1. The molecule has 2 rings (SSSR count). The molecule has 1 aliphatic heterocycles. The van der Waals surface area contributed by atoms with Gasteiger partial charge in [0.15, 0.2) is 6.04 Å². The average Bonchev–Trinajstić information content (AvgIpc) is 2.84. The van der Waals surface area contributed by atoms with E-state index in [9.17, 15) is 4.79 Å². The molecule has 1 N–H and O–H groups in total. The molecular weight excluding hydrogens is 154 g/mol. The monoisotopic (exact) mass is 161 g/mol. The van der Waals surface area contributed by atoms with Crippen LogP contribution in [0.2, 0.25) is 0 Å². The second-order valence-electron chi connectivity index (χ2n) is 2.62. The molecule has 1 atom stereocenters. The topological polar surface area (TPSA) is 49.7 Å². The van der Waals surface area contributed by atoms with E-state index in [1.54, 1.807) is 0 Å². The molecular formula is C9H7NO2. The summed E-state index contributed by atoms with van der Waals surface area (Å²) in [5.41, 5.74) is 1.59. The fourth-order valence-electron chi connectivity index (χ4n) is 1.12. The Morgan fingerprint density at radius 1 is 1.33 bits per heavy atom. The summed E-state index contributed by atoms with van der Waals surface area (Å²) in [5.74, 6) is -0.867. The van der Waals surface area contributed by atoms with Gasteiger partial charge in [0.2, 0.25) is 0 Å². The van der Waals surface area contributed by atoms with Crippen molar-refractivity contribution in [1.29, 1.82) is 0 Å². The van der Waals surface area contributed by atoms with E-state index in [4.69, 9.17) is 5.11 Å². The number of hydrogen-bond acceptors (Lipinski definition) is 2. The summed E-state index contributed by atoms with van der Waals surface area (Å²) >= 11 is 0. The van der Waals surface area contributed by atoms with Crippen molar-refractivity contribution in [3.05, 3.63) is 35.9 Å². The molecule has 0 spiro atoms. The van der Waals surface area contributed by atoms with Crippen LogP contribution in [0.4, 0.5) is 0 Å². The quantitative estimate of drug-likeness (QED) is 0.701. The van der Waals surface area contributed by atoms with Gasteiger partial charge in [0.05, 0.1) is 5.71 Å². The van der Waals surface area contributed by atoms with Crippen LogP contribution in [-0.4, -0.2) is 22.8 Å². The predicted octanol–water partition coefficient (Wildman–Crippen LogP) is 0.943. The normalized spacial score (nSPS) is 20.0. The Morgan fingerprint density at radius 2 is 2.00 bits per heavy atom. The molecule has 60 valence electrons. The van der Waals surface area contributed by atoms with Crippen molar-refractivity contribution in [2.75, 3.05) is 0 Å². The van der Waals surface area contributed by atoms with Crippen molar-refractivity contribution >= 4 is 11.7 Å². The molecule has 1 aromatic carbocycles.